The molecule has 0 fully saturated rings. The van der Waals surface area contributed by atoms with E-state index in [4.69, 9.17) is 10.4 Å². The zero-order valence-corrected chi connectivity index (χ0v) is 25.6. The third-order valence-electron chi connectivity index (χ3n) is 7.67. The molecule has 0 unspecified atom stereocenters. The van der Waals surface area contributed by atoms with Crippen molar-refractivity contribution >= 4 is 35.7 Å². The number of aliphatic hydroxyl groups is 1. The summed E-state index contributed by atoms with van der Waals surface area (Å²) in [6.45, 7) is 6.64. The van der Waals surface area contributed by atoms with E-state index in [1.165, 1.54) is 36.3 Å². The Labute approximate surface area is 241 Å². The highest BCUT2D eigenvalue weighted by molar-refractivity contribution is 7.91. The number of benzene rings is 2. The Balaban J connectivity index is 2.31. The molecular formula is C28H40N2O9SSi. The standard InChI is InChI=1S/C28H40N2O9SSi/c1-4-41(5-2,6-3)16-8-14-30-26(32)23-11-9-21(17-20(23)19-39-36)40(37,38)22-10-12-24(25(18-22)28(34)35)27(33)29-13-7-15-31/h9-12,17-18,31,36H,4-8,13-16,19H2,1-3H3,(H,29,33)(H,30,32)(H,34,35). The second-order valence-corrected chi connectivity index (χ2v) is 17.4. The zero-order chi connectivity index (χ0) is 30.6. The molecule has 0 saturated heterocycles. The Morgan fingerprint density at radius 1 is 0.829 bits per heavy atom. The Morgan fingerprint density at radius 2 is 1.37 bits per heavy atom. The average Bonchev–Trinajstić information content (AvgIpc) is 2.97. The fraction of sp³-hybridized carbons (Fsp3) is 0.464. The molecule has 0 aromatic heterocycles. The monoisotopic (exact) mass is 608 g/mol. The lowest BCUT2D eigenvalue weighted by molar-refractivity contribution is -0.253. The van der Waals surface area contributed by atoms with E-state index in [1.54, 1.807) is 0 Å². The van der Waals surface area contributed by atoms with E-state index in [1.807, 2.05) is 0 Å². The minimum atomic E-state index is -4.28. The summed E-state index contributed by atoms with van der Waals surface area (Å²) in [5.41, 5.74) is -0.468. The number of aliphatic hydroxyl groups excluding tert-OH is 1. The van der Waals surface area contributed by atoms with Crippen molar-refractivity contribution in [1.82, 2.24) is 10.6 Å². The van der Waals surface area contributed by atoms with Gasteiger partial charge in [0.05, 0.1) is 29.0 Å². The molecule has 2 aromatic carbocycles. The second kappa shape index (κ2) is 15.8. The largest absolute Gasteiger partial charge is 0.478 e. The van der Waals surface area contributed by atoms with Crippen LogP contribution in [-0.2, 0) is 21.3 Å². The summed E-state index contributed by atoms with van der Waals surface area (Å²) in [4.78, 5) is 40.8. The van der Waals surface area contributed by atoms with Gasteiger partial charge in [0, 0.05) is 25.3 Å². The van der Waals surface area contributed by atoms with E-state index in [0.29, 0.717) is 6.54 Å². The van der Waals surface area contributed by atoms with Crippen LogP contribution in [0.2, 0.25) is 24.2 Å². The number of hydrogen-bond donors (Lipinski definition) is 5. The van der Waals surface area contributed by atoms with Crippen LogP contribution in [0, 0.1) is 0 Å². The van der Waals surface area contributed by atoms with Crippen molar-refractivity contribution in [2.45, 2.75) is 74.2 Å². The Hall–Kier alpha value is -3.10. The third-order valence-corrected chi connectivity index (χ3v) is 15.3. The molecule has 0 spiro atoms. The van der Waals surface area contributed by atoms with Crippen LogP contribution in [0.5, 0.6) is 0 Å². The quantitative estimate of drug-likeness (QED) is 0.0769. The Morgan fingerprint density at radius 3 is 1.90 bits per heavy atom. The summed E-state index contributed by atoms with van der Waals surface area (Å²) < 4.78 is 26.8. The average molecular weight is 609 g/mol. The van der Waals surface area contributed by atoms with E-state index >= 15 is 0 Å². The van der Waals surface area contributed by atoms with Gasteiger partial charge in [-0.1, -0.05) is 44.9 Å². The molecule has 13 heteroatoms. The lowest BCUT2D eigenvalue weighted by Crippen LogP contribution is -2.33. The van der Waals surface area contributed by atoms with Crippen molar-refractivity contribution in [3.8, 4) is 0 Å². The molecule has 0 radical (unpaired) electrons. The van der Waals surface area contributed by atoms with Crippen LogP contribution in [0.15, 0.2) is 46.2 Å². The number of amides is 2. The number of carbonyl (C=O) groups excluding carboxylic acids is 2. The molecule has 226 valence electrons. The maximum absolute atomic E-state index is 13.4. The van der Waals surface area contributed by atoms with E-state index in [-0.39, 0.29) is 46.1 Å². The zero-order valence-electron chi connectivity index (χ0n) is 23.7. The fourth-order valence-electron chi connectivity index (χ4n) is 4.77. The molecule has 2 rings (SSSR count). The minimum Gasteiger partial charge on any atom is -0.478 e. The molecule has 0 aliphatic rings. The Kier molecular flexibility index (Phi) is 13.1. The molecule has 2 aromatic rings. The molecule has 5 N–H and O–H groups in total. The van der Waals surface area contributed by atoms with Crippen molar-refractivity contribution < 1.29 is 43.2 Å². The summed E-state index contributed by atoms with van der Waals surface area (Å²) in [7, 11) is -5.60. The lowest BCUT2D eigenvalue weighted by Gasteiger charge is -2.28. The van der Waals surface area contributed by atoms with Crippen LogP contribution < -0.4 is 10.6 Å². The van der Waals surface area contributed by atoms with E-state index in [9.17, 15) is 27.9 Å². The summed E-state index contributed by atoms with van der Waals surface area (Å²) in [6, 6.07) is 11.5. The third kappa shape index (κ3) is 8.69. The number of carboxylic acids is 1. The smallest absolute Gasteiger partial charge is 0.336 e. The molecule has 0 saturated carbocycles. The maximum Gasteiger partial charge on any atom is 0.336 e. The van der Waals surface area contributed by atoms with Gasteiger partial charge in [0.15, 0.2) is 0 Å². The first kappa shape index (κ1) is 34.1. The number of carboxylic acid groups (broad SMARTS) is 1. The molecule has 0 heterocycles. The second-order valence-electron chi connectivity index (χ2n) is 9.86. The molecule has 0 bridgehead atoms. The van der Waals surface area contributed by atoms with Gasteiger partial charge >= 0.3 is 5.97 Å². The van der Waals surface area contributed by atoms with Crippen molar-refractivity contribution in [1.29, 1.82) is 0 Å². The molecule has 0 aliphatic carbocycles. The van der Waals surface area contributed by atoms with Gasteiger partial charge in [-0.3, -0.25) is 14.8 Å². The van der Waals surface area contributed by atoms with Crippen LogP contribution in [0.3, 0.4) is 0 Å². The van der Waals surface area contributed by atoms with Gasteiger partial charge in [-0.2, -0.15) is 0 Å². The van der Waals surface area contributed by atoms with Gasteiger partial charge in [-0.05, 0) is 54.8 Å². The van der Waals surface area contributed by atoms with Crippen molar-refractivity contribution in [3.63, 3.8) is 0 Å². The van der Waals surface area contributed by atoms with Gasteiger partial charge in [0.2, 0.25) is 9.84 Å². The predicted molar refractivity (Wildman–Crippen MR) is 156 cm³/mol. The van der Waals surface area contributed by atoms with Crippen molar-refractivity contribution in [3.05, 3.63) is 58.7 Å². The molecule has 0 atom stereocenters. The van der Waals surface area contributed by atoms with Gasteiger partial charge < -0.3 is 20.8 Å². The fourth-order valence-corrected chi connectivity index (χ4v) is 9.59. The van der Waals surface area contributed by atoms with Crippen molar-refractivity contribution in [2.24, 2.45) is 0 Å². The SMILES string of the molecule is CC[Si](CC)(CC)CCCNC(=O)c1ccc(S(=O)(=O)c2ccc(C(=O)NCCCO)c(C(=O)O)c2)cc1COO. The number of nitrogens with one attached hydrogen (secondary N) is 2. The summed E-state index contributed by atoms with van der Waals surface area (Å²) in [5.74, 6) is -2.64. The van der Waals surface area contributed by atoms with Crippen LogP contribution in [-0.4, -0.2) is 69.4 Å². The molecule has 2 amide bonds. The topological polar surface area (TPSA) is 179 Å². The van der Waals surface area contributed by atoms with Crippen LogP contribution in [0.1, 0.15) is 70.3 Å². The number of aromatic carboxylic acids is 1. The number of sulfone groups is 1. The molecular weight excluding hydrogens is 568 g/mol. The van der Waals surface area contributed by atoms with Crippen LogP contribution in [0.4, 0.5) is 0 Å². The number of rotatable bonds is 17. The number of carbonyl (C=O) groups is 3. The molecule has 0 aliphatic heterocycles. The maximum atomic E-state index is 13.4. The van der Waals surface area contributed by atoms with Gasteiger partial charge in [-0.25, -0.2) is 18.1 Å². The highest BCUT2D eigenvalue weighted by Crippen LogP contribution is 2.27. The van der Waals surface area contributed by atoms with Gasteiger partial charge in [-0.15, -0.1) is 0 Å². The molecule has 41 heavy (non-hydrogen) atoms. The number of hydrogen-bond acceptors (Lipinski definition) is 8. The van der Waals surface area contributed by atoms with E-state index in [0.717, 1.165) is 30.7 Å². The highest BCUT2D eigenvalue weighted by atomic mass is 32.2. The summed E-state index contributed by atoms with van der Waals surface area (Å²) >= 11 is 0. The minimum absolute atomic E-state index is 0.114. The summed E-state index contributed by atoms with van der Waals surface area (Å²) in [5, 5.41) is 32.9. The van der Waals surface area contributed by atoms with Crippen LogP contribution in [0.25, 0.3) is 0 Å². The molecule has 11 nitrogen and oxygen atoms in total. The summed E-state index contributed by atoms with van der Waals surface area (Å²) in [6.07, 6.45) is 1.11. The van der Waals surface area contributed by atoms with Gasteiger partial charge in [0.1, 0.15) is 6.61 Å². The first-order chi connectivity index (χ1) is 19.5. The van der Waals surface area contributed by atoms with Gasteiger partial charge in [0.25, 0.3) is 11.8 Å². The van der Waals surface area contributed by atoms with E-state index in [2.05, 4.69) is 36.3 Å². The first-order valence-corrected chi connectivity index (χ1v) is 18.0. The highest BCUT2D eigenvalue weighted by Gasteiger charge is 2.27. The van der Waals surface area contributed by atoms with Crippen molar-refractivity contribution in [2.75, 3.05) is 19.7 Å². The Bertz CT molecular complexity index is 1320. The van der Waals surface area contributed by atoms with E-state index < -0.39 is 47.9 Å². The lowest BCUT2D eigenvalue weighted by atomic mass is 10.1. The first-order valence-electron chi connectivity index (χ1n) is 13.7. The van der Waals surface area contributed by atoms with Crippen LogP contribution >= 0.6 is 0 Å². The predicted octanol–water partition coefficient (Wildman–Crippen LogP) is 3.95. The normalized spacial score (nSPS) is 11.7.